The Kier molecular flexibility index (Phi) is 4.75. The van der Waals surface area contributed by atoms with Crippen LogP contribution >= 0.6 is 0 Å². The minimum atomic E-state index is -1.49. The zero-order valence-corrected chi connectivity index (χ0v) is 15.4. The van der Waals surface area contributed by atoms with Crippen LogP contribution < -0.4 is 0 Å². The SMILES string of the molecule is C=C1C(=O)O[C@@H]2CC[C@]3(O)C[C@H](O)[C@](C)(C[C@@H](OC(=O)/C(C)=C\C)[C@@H]12)O3. The smallest absolute Gasteiger partial charge is 0.334 e. The molecule has 0 amide bonds. The van der Waals surface area contributed by atoms with E-state index in [0.29, 0.717) is 12.0 Å². The fraction of sp³-hybridized carbons (Fsp3) is 0.684. The van der Waals surface area contributed by atoms with Gasteiger partial charge >= 0.3 is 11.9 Å². The van der Waals surface area contributed by atoms with Crippen molar-refractivity contribution >= 4 is 11.9 Å². The molecule has 2 N–H and O–H groups in total. The van der Waals surface area contributed by atoms with Crippen LogP contribution in [0.15, 0.2) is 23.8 Å². The van der Waals surface area contributed by atoms with Gasteiger partial charge in [0.15, 0.2) is 5.79 Å². The summed E-state index contributed by atoms with van der Waals surface area (Å²) in [4.78, 5) is 24.4. The van der Waals surface area contributed by atoms with E-state index in [4.69, 9.17) is 14.2 Å². The number of carbonyl (C=O) groups excluding carboxylic acids is 2. The molecule has 3 aliphatic rings. The lowest BCUT2D eigenvalue weighted by Gasteiger charge is -2.34. The topological polar surface area (TPSA) is 102 Å². The molecular formula is C19H26O7. The molecule has 0 aromatic carbocycles. The van der Waals surface area contributed by atoms with Crippen LogP contribution in [0.2, 0.25) is 0 Å². The first-order valence-corrected chi connectivity index (χ1v) is 8.93. The van der Waals surface area contributed by atoms with E-state index in [1.54, 1.807) is 26.8 Å². The minimum Gasteiger partial charge on any atom is -0.458 e. The zero-order valence-electron chi connectivity index (χ0n) is 15.4. The summed E-state index contributed by atoms with van der Waals surface area (Å²) in [5, 5.41) is 21.1. The van der Waals surface area contributed by atoms with E-state index in [9.17, 15) is 19.8 Å². The number of carbonyl (C=O) groups is 2. The van der Waals surface area contributed by atoms with Crippen molar-refractivity contribution in [2.45, 2.75) is 76.2 Å². The monoisotopic (exact) mass is 366 g/mol. The first-order chi connectivity index (χ1) is 12.1. The summed E-state index contributed by atoms with van der Waals surface area (Å²) in [7, 11) is 0. The third-order valence-electron chi connectivity index (χ3n) is 5.80. The number of aliphatic hydroxyl groups is 2. The molecule has 3 aliphatic heterocycles. The van der Waals surface area contributed by atoms with E-state index in [0.717, 1.165) is 0 Å². The van der Waals surface area contributed by atoms with Gasteiger partial charge in [-0.15, -0.1) is 0 Å². The van der Waals surface area contributed by atoms with E-state index < -0.39 is 47.6 Å². The van der Waals surface area contributed by atoms with Crippen molar-refractivity contribution in [2.24, 2.45) is 5.92 Å². The summed E-state index contributed by atoms with van der Waals surface area (Å²) in [5.41, 5.74) is -0.426. The molecule has 7 nitrogen and oxygen atoms in total. The Labute approximate surface area is 152 Å². The van der Waals surface area contributed by atoms with Gasteiger partial charge in [-0.2, -0.15) is 0 Å². The van der Waals surface area contributed by atoms with Gasteiger partial charge in [0.1, 0.15) is 12.2 Å². The van der Waals surface area contributed by atoms with E-state index in [1.165, 1.54) is 0 Å². The Morgan fingerprint density at radius 2 is 2.12 bits per heavy atom. The number of rotatable bonds is 2. The molecule has 0 aromatic heterocycles. The Hall–Kier alpha value is -1.70. The maximum Gasteiger partial charge on any atom is 0.334 e. The molecule has 3 fully saturated rings. The van der Waals surface area contributed by atoms with Crippen molar-refractivity contribution < 1.29 is 34.0 Å². The quantitative estimate of drug-likeness (QED) is 0.562. The third-order valence-corrected chi connectivity index (χ3v) is 5.80. The number of esters is 2. The highest BCUT2D eigenvalue weighted by Crippen LogP contribution is 2.47. The molecule has 144 valence electrons. The molecule has 0 radical (unpaired) electrons. The van der Waals surface area contributed by atoms with E-state index >= 15 is 0 Å². The van der Waals surface area contributed by atoms with Gasteiger partial charge in [-0.1, -0.05) is 12.7 Å². The number of ether oxygens (including phenoxy) is 3. The van der Waals surface area contributed by atoms with Crippen LogP contribution in [0.25, 0.3) is 0 Å². The van der Waals surface area contributed by atoms with Gasteiger partial charge in [0, 0.05) is 30.4 Å². The van der Waals surface area contributed by atoms with Gasteiger partial charge in [-0.3, -0.25) is 0 Å². The molecule has 0 aliphatic carbocycles. The number of aliphatic hydroxyl groups excluding tert-OH is 1. The van der Waals surface area contributed by atoms with Crippen molar-refractivity contribution in [1.29, 1.82) is 0 Å². The lowest BCUT2D eigenvalue weighted by Crippen LogP contribution is -2.44. The summed E-state index contributed by atoms with van der Waals surface area (Å²) >= 11 is 0. The Balaban J connectivity index is 1.97. The van der Waals surface area contributed by atoms with Crippen LogP contribution in [0.4, 0.5) is 0 Å². The van der Waals surface area contributed by atoms with Crippen LogP contribution in [0.5, 0.6) is 0 Å². The molecule has 3 heterocycles. The molecule has 3 rings (SSSR count). The fourth-order valence-corrected chi connectivity index (χ4v) is 4.10. The van der Waals surface area contributed by atoms with Crippen LogP contribution in [-0.2, 0) is 23.8 Å². The summed E-state index contributed by atoms with van der Waals surface area (Å²) in [6, 6.07) is 0. The van der Waals surface area contributed by atoms with Crippen molar-refractivity contribution in [3.05, 3.63) is 23.8 Å². The van der Waals surface area contributed by atoms with Crippen LogP contribution in [-0.4, -0.2) is 51.9 Å². The van der Waals surface area contributed by atoms with Crippen LogP contribution in [0.3, 0.4) is 0 Å². The average molecular weight is 366 g/mol. The number of hydrogen-bond donors (Lipinski definition) is 2. The van der Waals surface area contributed by atoms with E-state index in [1.807, 2.05) is 0 Å². The molecule has 3 saturated heterocycles. The molecule has 0 spiro atoms. The summed E-state index contributed by atoms with van der Waals surface area (Å²) < 4.78 is 16.9. The highest BCUT2D eigenvalue weighted by atomic mass is 16.7. The largest absolute Gasteiger partial charge is 0.458 e. The summed E-state index contributed by atoms with van der Waals surface area (Å²) in [5.74, 6) is -3.05. The molecule has 6 atom stereocenters. The van der Waals surface area contributed by atoms with Gasteiger partial charge in [0.25, 0.3) is 0 Å². The molecule has 7 heteroatoms. The molecule has 0 aromatic rings. The van der Waals surface area contributed by atoms with Crippen LogP contribution in [0.1, 0.15) is 46.5 Å². The maximum atomic E-state index is 12.4. The second-order valence-corrected chi connectivity index (χ2v) is 7.73. The molecule has 26 heavy (non-hydrogen) atoms. The van der Waals surface area contributed by atoms with Gasteiger partial charge in [0.05, 0.1) is 17.6 Å². The number of fused-ring (bicyclic) bond motifs is 3. The summed E-state index contributed by atoms with van der Waals surface area (Å²) in [6.07, 6.45) is 0.121. The second-order valence-electron chi connectivity index (χ2n) is 7.73. The lowest BCUT2D eigenvalue weighted by atomic mass is 9.80. The van der Waals surface area contributed by atoms with Gasteiger partial charge in [-0.25, -0.2) is 9.59 Å². The zero-order chi connectivity index (χ0) is 19.3. The van der Waals surface area contributed by atoms with Crippen molar-refractivity contribution in [2.75, 3.05) is 0 Å². The second kappa shape index (κ2) is 6.48. The highest BCUT2D eigenvalue weighted by molar-refractivity contribution is 5.91. The van der Waals surface area contributed by atoms with Gasteiger partial charge in [0.2, 0.25) is 0 Å². The van der Waals surface area contributed by atoms with Crippen molar-refractivity contribution in [3.63, 3.8) is 0 Å². The number of hydrogen-bond acceptors (Lipinski definition) is 7. The Morgan fingerprint density at radius 3 is 2.77 bits per heavy atom. The summed E-state index contributed by atoms with van der Waals surface area (Å²) in [6.45, 7) is 8.87. The average Bonchev–Trinajstić information content (AvgIpc) is 2.98. The maximum absolute atomic E-state index is 12.4. The molecular weight excluding hydrogens is 340 g/mol. The van der Waals surface area contributed by atoms with Gasteiger partial charge in [-0.05, 0) is 27.2 Å². The van der Waals surface area contributed by atoms with E-state index in [-0.39, 0.29) is 24.8 Å². The number of allylic oxidation sites excluding steroid dienone is 1. The first-order valence-electron chi connectivity index (χ1n) is 8.93. The predicted octanol–water partition coefficient (Wildman–Crippen LogP) is 1.37. The molecule has 2 bridgehead atoms. The molecule has 0 unspecified atom stereocenters. The minimum absolute atomic E-state index is 0.0599. The third kappa shape index (κ3) is 3.19. The standard InChI is InChI=1S/C19H26O7/c1-5-10(2)16(21)25-13-8-18(4)14(20)9-19(23,26-18)7-6-12-15(13)11(3)17(22)24-12/h5,12-15,20,23H,3,6-9H2,1-2,4H3/b10-5-/t12-,13-,14+,15+,18+,19-/m1/s1. The Bertz CT molecular complexity index is 669. The van der Waals surface area contributed by atoms with Crippen molar-refractivity contribution in [1.82, 2.24) is 0 Å². The molecule has 0 saturated carbocycles. The fourth-order valence-electron chi connectivity index (χ4n) is 4.10. The lowest BCUT2D eigenvalue weighted by molar-refractivity contribution is -0.231. The van der Waals surface area contributed by atoms with E-state index in [2.05, 4.69) is 6.58 Å². The van der Waals surface area contributed by atoms with Crippen molar-refractivity contribution in [3.8, 4) is 0 Å². The Morgan fingerprint density at radius 1 is 1.42 bits per heavy atom. The highest BCUT2D eigenvalue weighted by Gasteiger charge is 2.58. The van der Waals surface area contributed by atoms with Gasteiger partial charge < -0.3 is 24.4 Å². The first kappa shape index (κ1) is 19.1. The normalized spacial score (nSPS) is 43.2. The predicted molar refractivity (Wildman–Crippen MR) is 90.7 cm³/mol. The van der Waals surface area contributed by atoms with Crippen LogP contribution in [0, 0.1) is 5.92 Å².